The van der Waals surface area contributed by atoms with E-state index in [9.17, 15) is 9.59 Å². The summed E-state index contributed by atoms with van der Waals surface area (Å²) >= 11 is 0. The highest BCUT2D eigenvalue weighted by Crippen LogP contribution is 2.19. The zero-order chi connectivity index (χ0) is 21.9. The summed E-state index contributed by atoms with van der Waals surface area (Å²) in [5, 5.41) is 8.77. The molecule has 0 aliphatic heterocycles. The predicted molar refractivity (Wildman–Crippen MR) is 128 cm³/mol. The number of aromatic nitrogens is 1. The first-order valence-electron chi connectivity index (χ1n) is 10.2. The molecule has 0 spiro atoms. The van der Waals surface area contributed by atoms with E-state index in [1.807, 2.05) is 66.7 Å². The molecule has 154 valence electrons. The highest BCUT2D eigenvalue weighted by Gasteiger charge is 2.11. The topological polar surface area (TPSA) is 71.1 Å². The van der Waals surface area contributed by atoms with Crippen molar-refractivity contribution in [2.75, 3.05) is 10.6 Å². The van der Waals surface area contributed by atoms with Crippen LogP contribution in [-0.2, 0) is 0 Å². The number of rotatable bonds is 4. The Hall–Kier alpha value is -4.51. The molecule has 5 rings (SSSR count). The lowest BCUT2D eigenvalue weighted by atomic mass is 10.1. The van der Waals surface area contributed by atoms with Gasteiger partial charge in [-0.15, -0.1) is 0 Å². The minimum absolute atomic E-state index is 0.232. The van der Waals surface area contributed by atoms with E-state index < -0.39 is 0 Å². The smallest absolute Gasteiger partial charge is 0.256 e. The van der Waals surface area contributed by atoms with Gasteiger partial charge >= 0.3 is 0 Å². The van der Waals surface area contributed by atoms with Crippen LogP contribution < -0.4 is 10.6 Å². The maximum absolute atomic E-state index is 12.7. The van der Waals surface area contributed by atoms with Crippen LogP contribution in [0.15, 0.2) is 103 Å². The molecule has 0 aliphatic rings. The average molecular weight is 417 g/mol. The highest BCUT2D eigenvalue weighted by molar-refractivity contribution is 6.08. The van der Waals surface area contributed by atoms with Gasteiger partial charge in [0.2, 0.25) is 0 Å². The van der Waals surface area contributed by atoms with Crippen molar-refractivity contribution >= 4 is 45.0 Å². The molecule has 2 amide bonds. The normalized spacial score (nSPS) is 10.8. The van der Waals surface area contributed by atoms with E-state index in [0.717, 1.165) is 21.7 Å². The number of pyridine rings is 1. The molecular formula is C27H19N3O2. The first-order valence-corrected chi connectivity index (χ1v) is 10.2. The minimum atomic E-state index is -0.297. The van der Waals surface area contributed by atoms with E-state index in [0.29, 0.717) is 22.6 Å². The molecule has 32 heavy (non-hydrogen) atoms. The Morgan fingerprint density at radius 3 is 2.12 bits per heavy atom. The SMILES string of the molecule is O=C(Nc1cccc(C(=O)Nc2ccc3ccccc3n2)c1)c1ccc2ccccc2c1. The lowest BCUT2D eigenvalue weighted by molar-refractivity contribution is 0.101. The van der Waals surface area contributed by atoms with Crippen LogP contribution in [0.3, 0.4) is 0 Å². The molecule has 0 atom stereocenters. The summed E-state index contributed by atoms with van der Waals surface area (Å²) in [5.74, 6) is -0.0570. The molecule has 0 saturated carbocycles. The van der Waals surface area contributed by atoms with Crippen molar-refractivity contribution < 1.29 is 9.59 Å². The number of hydrogen-bond acceptors (Lipinski definition) is 3. The quantitative estimate of drug-likeness (QED) is 0.383. The molecule has 4 aromatic carbocycles. The van der Waals surface area contributed by atoms with Gasteiger partial charge in [0.15, 0.2) is 0 Å². The number of carbonyl (C=O) groups is 2. The molecule has 0 bridgehead atoms. The Kier molecular flexibility index (Phi) is 5.06. The minimum Gasteiger partial charge on any atom is -0.322 e. The number of hydrogen-bond donors (Lipinski definition) is 2. The fourth-order valence-electron chi connectivity index (χ4n) is 3.60. The van der Waals surface area contributed by atoms with E-state index in [4.69, 9.17) is 0 Å². The predicted octanol–water partition coefficient (Wildman–Crippen LogP) is 5.89. The standard InChI is InChI=1S/C27H19N3O2/c31-26(22-13-12-18-6-1-2-8-20(18)16-22)28-23-10-5-9-21(17-23)27(32)30-25-15-14-19-7-3-4-11-24(19)29-25/h1-17H,(H,28,31)(H,29,30,32). The van der Waals surface area contributed by atoms with Crippen LogP contribution in [0.25, 0.3) is 21.7 Å². The van der Waals surface area contributed by atoms with Crippen LogP contribution in [0.5, 0.6) is 0 Å². The average Bonchev–Trinajstić information content (AvgIpc) is 2.84. The lowest BCUT2D eigenvalue weighted by Crippen LogP contribution is -2.15. The van der Waals surface area contributed by atoms with Crippen molar-refractivity contribution in [2.24, 2.45) is 0 Å². The molecule has 0 saturated heterocycles. The second-order valence-corrected chi connectivity index (χ2v) is 7.44. The Labute approximate surface area is 184 Å². The van der Waals surface area contributed by atoms with Gasteiger partial charge in [-0.25, -0.2) is 4.98 Å². The number of nitrogens with one attached hydrogen (secondary N) is 2. The van der Waals surface area contributed by atoms with Crippen LogP contribution in [0.1, 0.15) is 20.7 Å². The van der Waals surface area contributed by atoms with Gasteiger partial charge in [0.1, 0.15) is 5.82 Å². The maximum atomic E-state index is 12.7. The molecule has 5 heteroatoms. The molecule has 5 nitrogen and oxygen atoms in total. The number of fused-ring (bicyclic) bond motifs is 2. The number of carbonyl (C=O) groups excluding carboxylic acids is 2. The van der Waals surface area contributed by atoms with Gasteiger partial charge in [-0.05, 0) is 59.3 Å². The molecule has 0 radical (unpaired) electrons. The van der Waals surface area contributed by atoms with Gasteiger partial charge in [0, 0.05) is 22.2 Å². The van der Waals surface area contributed by atoms with Crippen LogP contribution in [0, 0.1) is 0 Å². The van der Waals surface area contributed by atoms with E-state index in [1.54, 1.807) is 36.4 Å². The van der Waals surface area contributed by atoms with Crippen molar-refractivity contribution in [3.05, 3.63) is 114 Å². The van der Waals surface area contributed by atoms with Gasteiger partial charge in [0.05, 0.1) is 5.52 Å². The summed E-state index contributed by atoms with van der Waals surface area (Å²) < 4.78 is 0. The van der Waals surface area contributed by atoms with Crippen LogP contribution in [-0.4, -0.2) is 16.8 Å². The molecule has 2 N–H and O–H groups in total. The molecule has 0 fully saturated rings. The third-order valence-electron chi connectivity index (χ3n) is 5.23. The summed E-state index contributed by atoms with van der Waals surface area (Å²) in [6.07, 6.45) is 0. The zero-order valence-corrected chi connectivity index (χ0v) is 17.1. The molecule has 1 heterocycles. The number of amides is 2. The number of para-hydroxylation sites is 1. The van der Waals surface area contributed by atoms with Gasteiger partial charge in [-0.3, -0.25) is 9.59 Å². The summed E-state index contributed by atoms with van der Waals surface area (Å²) in [6, 6.07) is 31.7. The molecule has 1 aromatic heterocycles. The second-order valence-electron chi connectivity index (χ2n) is 7.44. The zero-order valence-electron chi connectivity index (χ0n) is 17.1. The monoisotopic (exact) mass is 417 g/mol. The van der Waals surface area contributed by atoms with Crippen molar-refractivity contribution in [2.45, 2.75) is 0 Å². The van der Waals surface area contributed by atoms with Crippen molar-refractivity contribution in [1.29, 1.82) is 0 Å². The van der Waals surface area contributed by atoms with Crippen molar-refractivity contribution in [3.8, 4) is 0 Å². The fourth-order valence-corrected chi connectivity index (χ4v) is 3.60. The fraction of sp³-hybridized carbons (Fsp3) is 0. The van der Waals surface area contributed by atoms with Gasteiger partial charge < -0.3 is 10.6 Å². The van der Waals surface area contributed by atoms with Crippen molar-refractivity contribution in [3.63, 3.8) is 0 Å². The Bertz CT molecular complexity index is 1480. The Balaban J connectivity index is 1.32. The molecule has 5 aromatic rings. The van der Waals surface area contributed by atoms with Crippen molar-refractivity contribution in [1.82, 2.24) is 4.98 Å². The lowest BCUT2D eigenvalue weighted by Gasteiger charge is -2.09. The van der Waals surface area contributed by atoms with Crippen LogP contribution in [0.2, 0.25) is 0 Å². The molecule has 0 aliphatic carbocycles. The largest absolute Gasteiger partial charge is 0.322 e. The third-order valence-corrected chi connectivity index (χ3v) is 5.23. The van der Waals surface area contributed by atoms with E-state index in [-0.39, 0.29) is 11.8 Å². The molecular weight excluding hydrogens is 398 g/mol. The van der Waals surface area contributed by atoms with Crippen LogP contribution >= 0.6 is 0 Å². The second kappa shape index (κ2) is 8.32. The third kappa shape index (κ3) is 4.04. The van der Waals surface area contributed by atoms with E-state index >= 15 is 0 Å². The van der Waals surface area contributed by atoms with E-state index in [2.05, 4.69) is 15.6 Å². The summed E-state index contributed by atoms with van der Waals surface area (Å²) in [7, 11) is 0. The highest BCUT2D eigenvalue weighted by atomic mass is 16.2. The maximum Gasteiger partial charge on any atom is 0.256 e. The summed E-state index contributed by atoms with van der Waals surface area (Å²) in [4.78, 5) is 29.9. The summed E-state index contributed by atoms with van der Waals surface area (Å²) in [6.45, 7) is 0. The Morgan fingerprint density at radius 2 is 1.25 bits per heavy atom. The number of benzene rings is 4. The van der Waals surface area contributed by atoms with Gasteiger partial charge in [0.25, 0.3) is 11.8 Å². The van der Waals surface area contributed by atoms with Crippen LogP contribution in [0.4, 0.5) is 11.5 Å². The summed E-state index contributed by atoms with van der Waals surface area (Å²) in [5.41, 5.74) is 2.33. The number of anilines is 2. The first-order chi connectivity index (χ1) is 15.7. The van der Waals surface area contributed by atoms with Gasteiger partial charge in [-0.1, -0.05) is 54.6 Å². The van der Waals surface area contributed by atoms with Gasteiger partial charge in [-0.2, -0.15) is 0 Å². The molecule has 0 unspecified atom stereocenters. The van der Waals surface area contributed by atoms with E-state index in [1.165, 1.54) is 0 Å². The number of nitrogens with zero attached hydrogens (tertiary/aromatic N) is 1. The first kappa shape index (κ1) is 19.5. The Morgan fingerprint density at radius 1 is 0.562 bits per heavy atom.